The van der Waals surface area contributed by atoms with Crippen LogP contribution in [0.15, 0.2) is 24.3 Å². The van der Waals surface area contributed by atoms with Gasteiger partial charge in [-0.2, -0.15) is 0 Å². The number of carbonyl (C=O) groups excluding carboxylic acids is 1. The van der Waals surface area contributed by atoms with E-state index >= 15 is 0 Å². The Hall–Kier alpha value is -1.13. The summed E-state index contributed by atoms with van der Waals surface area (Å²) < 4.78 is 13.6. The normalized spacial score (nSPS) is 13.4. The molecule has 0 fully saturated rings. The Morgan fingerprint density at radius 2 is 1.86 bits per heavy atom. The smallest absolute Gasteiger partial charge is 0.225 e. The van der Waals surface area contributed by atoms with Gasteiger partial charge in [0.05, 0.1) is 0 Å². The molecule has 0 aliphatic rings. The van der Waals surface area contributed by atoms with Crippen molar-refractivity contribution in [2.45, 2.75) is 39.7 Å². The highest BCUT2D eigenvalue weighted by atomic mass is 35.5. The van der Waals surface area contributed by atoms with Gasteiger partial charge in [-0.15, -0.1) is 12.4 Å². The summed E-state index contributed by atoms with van der Waals surface area (Å²) in [6.07, 6.45) is 1.21. The molecular weight excluding hydrogens is 303 g/mol. The summed E-state index contributed by atoms with van der Waals surface area (Å²) in [6.45, 7) is 6.63. The second kappa shape index (κ2) is 9.80. The summed E-state index contributed by atoms with van der Waals surface area (Å²) in [5.41, 5.74) is 6.59. The summed E-state index contributed by atoms with van der Waals surface area (Å²) in [4.78, 5) is 14.0. The lowest BCUT2D eigenvalue weighted by Crippen LogP contribution is -2.37. The first-order valence-corrected chi connectivity index (χ1v) is 7.56. The average Bonchev–Trinajstić information content (AvgIpc) is 2.45. The van der Waals surface area contributed by atoms with Gasteiger partial charge in [-0.1, -0.05) is 39.0 Å². The molecule has 0 saturated carbocycles. The standard InChI is InChI=1S/C17H27FN2O.ClH/c1-12(2)16(19)9-10-20(4)17(21)13(3)11-14-7-5-6-8-15(14)18;/h5-8,12-13,16H,9-11,19H2,1-4H3;1H. The third-order valence-corrected chi connectivity index (χ3v) is 3.94. The number of nitrogens with zero attached hydrogens (tertiary/aromatic N) is 1. The zero-order chi connectivity index (χ0) is 16.0. The second-order valence-electron chi connectivity index (χ2n) is 6.15. The minimum absolute atomic E-state index is 0. The van der Waals surface area contributed by atoms with Crippen molar-refractivity contribution in [3.8, 4) is 0 Å². The lowest BCUT2D eigenvalue weighted by molar-refractivity contribution is -0.133. The number of hydrogen-bond acceptors (Lipinski definition) is 2. The van der Waals surface area contributed by atoms with Crippen LogP contribution in [0.25, 0.3) is 0 Å². The number of benzene rings is 1. The van der Waals surface area contributed by atoms with Crippen LogP contribution in [0.1, 0.15) is 32.8 Å². The van der Waals surface area contributed by atoms with Gasteiger partial charge in [-0.3, -0.25) is 4.79 Å². The summed E-state index contributed by atoms with van der Waals surface area (Å²) in [7, 11) is 1.78. The number of carbonyl (C=O) groups is 1. The minimum atomic E-state index is -0.248. The molecule has 3 nitrogen and oxygen atoms in total. The predicted octanol–water partition coefficient (Wildman–Crippen LogP) is 3.26. The van der Waals surface area contributed by atoms with Gasteiger partial charge in [0.2, 0.25) is 5.91 Å². The molecule has 1 aromatic rings. The van der Waals surface area contributed by atoms with Gasteiger partial charge >= 0.3 is 0 Å². The lowest BCUT2D eigenvalue weighted by atomic mass is 9.98. The molecule has 0 bridgehead atoms. The Kier molecular flexibility index (Phi) is 9.30. The zero-order valence-corrected chi connectivity index (χ0v) is 14.7. The van der Waals surface area contributed by atoms with Gasteiger partial charge in [0.1, 0.15) is 5.82 Å². The molecule has 2 unspecified atom stereocenters. The first-order chi connectivity index (χ1) is 9.82. The van der Waals surface area contributed by atoms with Crippen LogP contribution in [0.5, 0.6) is 0 Å². The first-order valence-electron chi connectivity index (χ1n) is 7.56. The monoisotopic (exact) mass is 330 g/mol. The molecule has 1 aromatic carbocycles. The topological polar surface area (TPSA) is 46.3 Å². The average molecular weight is 331 g/mol. The van der Waals surface area contributed by atoms with E-state index in [-0.39, 0.29) is 36.1 Å². The van der Waals surface area contributed by atoms with Crippen molar-refractivity contribution in [2.75, 3.05) is 13.6 Å². The molecule has 2 atom stereocenters. The van der Waals surface area contributed by atoms with E-state index < -0.39 is 0 Å². The Morgan fingerprint density at radius 3 is 2.41 bits per heavy atom. The summed E-state index contributed by atoms with van der Waals surface area (Å²) in [6, 6.07) is 6.71. The molecule has 0 radical (unpaired) electrons. The van der Waals surface area contributed by atoms with E-state index in [1.165, 1.54) is 6.07 Å². The maximum atomic E-state index is 13.6. The minimum Gasteiger partial charge on any atom is -0.345 e. The van der Waals surface area contributed by atoms with Crippen molar-refractivity contribution in [2.24, 2.45) is 17.6 Å². The van der Waals surface area contributed by atoms with Crippen LogP contribution in [-0.4, -0.2) is 30.4 Å². The molecule has 2 N–H and O–H groups in total. The highest BCUT2D eigenvalue weighted by molar-refractivity contribution is 5.85. The molecule has 126 valence electrons. The van der Waals surface area contributed by atoms with Gasteiger partial charge in [-0.05, 0) is 30.4 Å². The fourth-order valence-corrected chi connectivity index (χ4v) is 2.24. The van der Waals surface area contributed by atoms with Crippen molar-refractivity contribution in [1.82, 2.24) is 4.90 Å². The Morgan fingerprint density at radius 1 is 1.27 bits per heavy atom. The van der Waals surface area contributed by atoms with Crippen LogP contribution in [0.4, 0.5) is 4.39 Å². The van der Waals surface area contributed by atoms with E-state index in [0.29, 0.717) is 24.4 Å². The maximum Gasteiger partial charge on any atom is 0.225 e. The number of amides is 1. The largest absolute Gasteiger partial charge is 0.345 e. The van der Waals surface area contributed by atoms with Crippen molar-refractivity contribution < 1.29 is 9.18 Å². The molecule has 1 rings (SSSR count). The molecule has 5 heteroatoms. The fourth-order valence-electron chi connectivity index (χ4n) is 2.24. The number of rotatable bonds is 7. The zero-order valence-electron chi connectivity index (χ0n) is 13.9. The van der Waals surface area contributed by atoms with E-state index in [0.717, 1.165) is 6.42 Å². The van der Waals surface area contributed by atoms with E-state index in [2.05, 4.69) is 13.8 Å². The summed E-state index contributed by atoms with van der Waals surface area (Å²) in [5, 5.41) is 0. The number of nitrogens with two attached hydrogens (primary N) is 1. The summed E-state index contributed by atoms with van der Waals surface area (Å²) >= 11 is 0. The van der Waals surface area contributed by atoms with Crippen molar-refractivity contribution in [3.05, 3.63) is 35.6 Å². The number of hydrogen-bond donors (Lipinski definition) is 1. The van der Waals surface area contributed by atoms with Crippen LogP contribution in [-0.2, 0) is 11.2 Å². The SMILES string of the molecule is CC(Cc1ccccc1F)C(=O)N(C)CCC(N)C(C)C.Cl. The Balaban J connectivity index is 0.00000441. The second-order valence-corrected chi connectivity index (χ2v) is 6.15. The molecule has 0 heterocycles. The van der Waals surface area contributed by atoms with Crippen molar-refractivity contribution in [1.29, 1.82) is 0 Å². The van der Waals surface area contributed by atoms with Crippen LogP contribution in [0, 0.1) is 17.7 Å². The quantitative estimate of drug-likeness (QED) is 0.834. The summed E-state index contributed by atoms with van der Waals surface area (Å²) in [5.74, 6) is -0.0395. The number of halogens is 2. The van der Waals surface area contributed by atoms with E-state index in [4.69, 9.17) is 5.73 Å². The Bertz CT molecular complexity index is 468. The molecule has 22 heavy (non-hydrogen) atoms. The van der Waals surface area contributed by atoms with Crippen LogP contribution < -0.4 is 5.73 Å². The molecule has 0 saturated heterocycles. The maximum absolute atomic E-state index is 13.6. The van der Waals surface area contributed by atoms with Gasteiger partial charge in [0, 0.05) is 25.6 Å². The molecular formula is C17H28ClFN2O. The third-order valence-electron chi connectivity index (χ3n) is 3.94. The van der Waals surface area contributed by atoms with Crippen LogP contribution >= 0.6 is 12.4 Å². The highest BCUT2D eigenvalue weighted by Gasteiger charge is 2.20. The van der Waals surface area contributed by atoms with Gasteiger partial charge < -0.3 is 10.6 Å². The van der Waals surface area contributed by atoms with E-state index in [9.17, 15) is 9.18 Å². The Labute approximate surface area is 139 Å². The van der Waals surface area contributed by atoms with E-state index in [1.54, 1.807) is 30.1 Å². The predicted molar refractivity (Wildman–Crippen MR) is 91.6 cm³/mol. The van der Waals surface area contributed by atoms with Crippen molar-refractivity contribution >= 4 is 18.3 Å². The molecule has 0 aliphatic heterocycles. The fraction of sp³-hybridized carbons (Fsp3) is 0.588. The van der Waals surface area contributed by atoms with Gasteiger partial charge in [-0.25, -0.2) is 4.39 Å². The highest BCUT2D eigenvalue weighted by Crippen LogP contribution is 2.14. The lowest BCUT2D eigenvalue weighted by Gasteiger charge is -2.24. The third kappa shape index (κ3) is 6.32. The van der Waals surface area contributed by atoms with E-state index in [1.807, 2.05) is 6.92 Å². The molecule has 0 spiro atoms. The molecule has 0 aliphatic carbocycles. The van der Waals surface area contributed by atoms with Crippen LogP contribution in [0.2, 0.25) is 0 Å². The first kappa shape index (κ1) is 20.9. The molecule has 1 amide bonds. The van der Waals surface area contributed by atoms with Gasteiger partial charge in [0.15, 0.2) is 0 Å². The van der Waals surface area contributed by atoms with Crippen LogP contribution in [0.3, 0.4) is 0 Å². The molecule has 0 aromatic heterocycles. The van der Waals surface area contributed by atoms with Gasteiger partial charge in [0.25, 0.3) is 0 Å². The van der Waals surface area contributed by atoms with Crippen molar-refractivity contribution in [3.63, 3.8) is 0 Å².